The molecule has 0 aliphatic rings. The molecule has 0 unspecified atom stereocenters. The Morgan fingerprint density at radius 1 is 1.08 bits per heavy atom. The van der Waals surface area contributed by atoms with Crippen molar-refractivity contribution in [2.24, 2.45) is 0 Å². The first-order valence-corrected chi connectivity index (χ1v) is 7.99. The first-order chi connectivity index (χ1) is 11.4. The minimum absolute atomic E-state index is 0.178. The lowest BCUT2D eigenvalue weighted by Crippen LogP contribution is -2.37. The molecule has 122 valence electrons. The van der Waals surface area contributed by atoms with Crippen molar-refractivity contribution >= 4 is 33.9 Å². The van der Waals surface area contributed by atoms with Gasteiger partial charge in [0.25, 0.3) is 5.56 Å². The van der Waals surface area contributed by atoms with Crippen LogP contribution < -0.4 is 16.3 Å². The van der Waals surface area contributed by atoms with Crippen LogP contribution in [0.1, 0.15) is 17.0 Å². The average Bonchev–Trinajstić information content (AvgIpc) is 2.50. The third-order valence-corrected chi connectivity index (χ3v) is 3.83. The molecule has 6 heteroatoms. The fourth-order valence-corrected chi connectivity index (χ4v) is 2.89. The molecule has 2 N–H and O–H groups in total. The van der Waals surface area contributed by atoms with E-state index in [0.29, 0.717) is 21.8 Å². The Balaban J connectivity index is 1.89. The van der Waals surface area contributed by atoms with Crippen molar-refractivity contribution in [3.05, 3.63) is 69.8 Å². The molecule has 2 aromatic carbocycles. The second-order valence-electron chi connectivity index (χ2n) is 5.76. The number of hydrogen-bond acceptors (Lipinski definition) is 3. The molecule has 3 aromatic rings. The number of benzene rings is 2. The Morgan fingerprint density at radius 3 is 2.46 bits per heavy atom. The van der Waals surface area contributed by atoms with Crippen molar-refractivity contribution in [2.45, 2.75) is 20.8 Å². The zero-order valence-electron chi connectivity index (χ0n) is 13.8. The summed E-state index contributed by atoms with van der Waals surface area (Å²) in [5.74, 6) is 0.545. The van der Waals surface area contributed by atoms with Gasteiger partial charge in [0, 0.05) is 5.69 Å². The molecule has 0 fully saturated rings. The van der Waals surface area contributed by atoms with Crippen LogP contribution in [-0.2, 0) is 0 Å². The molecule has 0 amide bonds. The average molecular weight is 338 g/mol. The highest BCUT2D eigenvalue weighted by molar-refractivity contribution is 7.80. The maximum atomic E-state index is 12.6. The topological polar surface area (TPSA) is 58.9 Å². The Labute approximate surface area is 145 Å². The third-order valence-electron chi connectivity index (χ3n) is 3.64. The second kappa shape index (κ2) is 6.41. The van der Waals surface area contributed by atoms with Gasteiger partial charge in [-0.25, -0.2) is 9.66 Å². The molecule has 5 nitrogen and oxygen atoms in total. The first kappa shape index (κ1) is 16.1. The quantitative estimate of drug-likeness (QED) is 0.703. The van der Waals surface area contributed by atoms with E-state index in [4.69, 9.17) is 12.2 Å². The van der Waals surface area contributed by atoms with E-state index >= 15 is 0 Å². The van der Waals surface area contributed by atoms with E-state index in [-0.39, 0.29) is 5.56 Å². The monoisotopic (exact) mass is 338 g/mol. The van der Waals surface area contributed by atoms with Gasteiger partial charge >= 0.3 is 0 Å². The van der Waals surface area contributed by atoms with Crippen LogP contribution in [0.5, 0.6) is 0 Å². The molecular formula is C18H18N4OS. The highest BCUT2D eigenvalue weighted by Gasteiger charge is 2.09. The molecule has 1 heterocycles. The third kappa shape index (κ3) is 3.28. The summed E-state index contributed by atoms with van der Waals surface area (Å²) in [6.07, 6.45) is 0. The van der Waals surface area contributed by atoms with Gasteiger partial charge < -0.3 is 5.32 Å². The fourth-order valence-electron chi connectivity index (χ4n) is 2.68. The van der Waals surface area contributed by atoms with Gasteiger partial charge in [0.2, 0.25) is 0 Å². The van der Waals surface area contributed by atoms with Gasteiger partial charge in [-0.2, -0.15) is 0 Å². The van der Waals surface area contributed by atoms with Crippen molar-refractivity contribution < 1.29 is 0 Å². The van der Waals surface area contributed by atoms with Crippen LogP contribution in [0.2, 0.25) is 0 Å². The lowest BCUT2D eigenvalue weighted by atomic mass is 10.1. The molecule has 3 rings (SSSR count). The number of hydrogen-bond donors (Lipinski definition) is 2. The minimum Gasteiger partial charge on any atom is -0.331 e. The minimum atomic E-state index is -0.178. The zero-order valence-corrected chi connectivity index (χ0v) is 14.6. The molecule has 0 aliphatic heterocycles. The van der Waals surface area contributed by atoms with Gasteiger partial charge in [0.05, 0.1) is 10.9 Å². The van der Waals surface area contributed by atoms with Crippen molar-refractivity contribution in [1.82, 2.24) is 9.66 Å². The van der Waals surface area contributed by atoms with E-state index in [2.05, 4.69) is 21.8 Å². The maximum Gasteiger partial charge on any atom is 0.280 e. The maximum absolute atomic E-state index is 12.6. The second-order valence-corrected chi connectivity index (χ2v) is 6.17. The van der Waals surface area contributed by atoms with Crippen LogP contribution in [0.4, 0.5) is 5.69 Å². The summed E-state index contributed by atoms with van der Waals surface area (Å²) < 4.78 is 1.36. The number of nitrogens with zero attached hydrogens (tertiary/aromatic N) is 2. The molecule has 0 spiro atoms. The van der Waals surface area contributed by atoms with E-state index < -0.39 is 0 Å². The molecule has 0 saturated carbocycles. The van der Waals surface area contributed by atoms with Gasteiger partial charge in [0.15, 0.2) is 5.11 Å². The molecule has 0 atom stereocenters. The van der Waals surface area contributed by atoms with Crippen molar-refractivity contribution in [2.75, 3.05) is 10.7 Å². The molecule has 24 heavy (non-hydrogen) atoms. The smallest absolute Gasteiger partial charge is 0.280 e. The summed E-state index contributed by atoms with van der Waals surface area (Å²) in [5.41, 5.74) is 6.57. The molecule has 0 aliphatic carbocycles. The number of aromatic nitrogens is 2. The van der Waals surface area contributed by atoms with Gasteiger partial charge in [-0.1, -0.05) is 18.2 Å². The van der Waals surface area contributed by atoms with Crippen molar-refractivity contribution in [3.63, 3.8) is 0 Å². The lowest BCUT2D eigenvalue weighted by molar-refractivity contribution is 0.838. The number of nitrogens with one attached hydrogen (secondary N) is 2. The van der Waals surface area contributed by atoms with Gasteiger partial charge in [-0.15, -0.1) is 0 Å². The van der Waals surface area contributed by atoms with Gasteiger partial charge in [-0.3, -0.25) is 10.2 Å². The zero-order chi connectivity index (χ0) is 17.3. The highest BCUT2D eigenvalue weighted by atomic mass is 32.1. The summed E-state index contributed by atoms with van der Waals surface area (Å²) >= 11 is 5.34. The molecule has 0 saturated heterocycles. The normalized spacial score (nSPS) is 10.6. The van der Waals surface area contributed by atoms with Gasteiger partial charge in [-0.05, 0) is 68.4 Å². The van der Waals surface area contributed by atoms with Crippen LogP contribution in [0, 0.1) is 20.8 Å². The van der Waals surface area contributed by atoms with E-state index in [0.717, 1.165) is 16.8 Å². The largest absolute Gasteiger partial charge is 0.331 e. The lowest BCUT2D eigenvalue weighted by Gasteiger charge is -2.15. The summed E-state index contributed by atoms with van der Waals surface area (Å²) in [5, 5.41) is 3.99. The van der Waals surface area contributed by atoms with Crippen LogP contribution in [-0.4, -0.2) is 14.8 Å². The van der Waals surface area contributed by atoms with E-state index in [9.17, 15) is 4.79 Å². The number of aryl methyl sites for hydroxylation is 3. The SMILES string of the molecule is Cc1cc(C)cc(NC(=S)Nn2c(C)nc3ccccc3c2=O)c1. The molecular weight excluding hydrogens is 320 g/mol. The molecule has 0 radical (unpaired) electrons. The van der Waals surface area contributed by atoms with Crippen LogP contribution in [0.3, 0.4) is 0 Å². The van der Waals surface area contributed by atoms with Gasteiger partial charge in [0.1, 0.15) is 5.82 Å². The number of thiocarbonyl (C=S) groups is 1. The standard InChI is InChI=1S/C18H18N4OS/c1-11-8-12(2)10-14(9-11)20-18(24)21-22-13(3)19-16-7-5-4-6-15(16)17(22)23/h4-10H,1-3H3,(H2,20,21,24). The Kier molecular flexibility index (Phi) is 4.31. The number of para-hydroxylation sites is 1. The van der Waals surface area contributed by atoms with E-state index in [1.165, 1.54) is 4.68 Å². The van der Waals surface area contributed by atoms with E-state index in [1.54, 1.807) is 13.0 Å². The summed E-state index contributed by atoms with van der Waals surface area (Å²) in [6, 6.07) is 13.3. The number of anilines is 1. The van der Waals surface area contributed by atoms with Crippen LogP contribution in [0.15, 0.2) is 47.3 Å². The fraction of sp³-hybridized carbons (Fsp3) is 0.167. The summed E-state index contributed by atoms with van der Waals surface area (Å²) in [7, 11) is 0. The predicted molar refractivity (Wildman–Crippen MR) is 102 cm³/mol. The number of rotatable bonds is 2. The number of fused-ring (bicyclic) bond motifs is 1. The van der Waals surface area contributed by atoms with E-state index in [1.807, 2.05) is 44.2 Å². The van der Waals surface area contributed by atoms with Crippen molar-refractivity contribution in [1.29, 1.82) is 0 Å². The molecule has 1 aromatic heterocycles. The Morgan fingerprint density at radius 2 is 1.75 bits per heavy atom. The predicted octanol–water partition coefficient (Wildman–Crippen LogP) is 3.26. The van der Waals surface area contributed by atoms with Crippen molar-refractivity contribution in [3.8, 4) is 0 Å². The molecule has 0 bridgehead atoms. The highest BCUT2D eigenvalue weighted by Crippen LogP contribution is 2.13. The first-order valence-electron chi connectivity index (χ1n) is 7.59. The van der Waals surface area contributed by atoms with Crippen LogP contribution >= 0.6 is 12.2 Å². The van der Waals surface area contributed by atoms with Crippen LogP contribution in [0.25, 0.3) is 10.9 Å². The Hall–Kier alpha value is -2.73. The summed E-state index contributed by atoms with van der Waals surface area (Å²) in [4.78, 5) is 17.1. The summed E-state index contributed by atoms with van der Waals surface area (Å²) in [6.45, 7) is 5.81. The Bertz CT molecular complexity index is 974.